The highest BCUT2D eigenvalue weighted by Gasteiger charge is 2.20. The zero-order valence-corrected chi connectivity index (χ0v) is 19.1. The van der Waals surface area contributed by atoms with E-state index in [1.165, 1.54) is 0 Å². The molecule has 1 unspecified atom stereocenters. The smallest absolute Gasteiger partial charge is 0.293 e. The molecule has 1 atom stereocenters. The lowest BCUT2D eigenvalue weighted by atomic mass is 10.1. The fourth-order valence-corrected chi connectivity index (χ4v) is 4.20. The van der Waals surface area contributed by atoms with Crippen molar-refractivity contribution < 1.29 is 23.8 Å². The lowest BCUT2D eigenvalue weighted by molar-refractivity contribution is -0.136. The van der Waals surface area contributed by atoms with E-state index in [1.807, 2.05) is 29.2 Å². The van der Waals surface area contributed by atoms with Crippen molar-refractivity contribution in [1.29, 1.82) is 0 Å². The van der Waals surface area contributed by atoms with Gasteiger partial charge in [-0.25, -0.2) is 0 Å². The van der Waals surface area contributed by atoms with Gasteiger partial charge in [-0.1, -0.05) is 19.6 Å². The van der Waals surface area contributed by atoms with Gasteiger partial charge in [0.2, 0.25) is 0 Å². The molecule has 1 aromatic carbocycles. The van der Waals surface area contributed by atoms with Crippen LogP contribution in [0.1, 0.15) is 16.1 Å². The first kappa shape index (κ1) is 22.5. The molecular formula is C22H32N2O5Si. The summed E-state index contributed by atoms with van der Waals surface area (Å²) >= 11 is 0. The van der Waals surface area contributed by atoms with E-state index in [9.17, 15) is 9.59 Å². The van der Waals surface area contributed by atoms with Gasteiger partial charge in [0.1, 0.15) is 6.10 Å². The number of aromatic amines is 1. The second-order valence-electron chi connectivity index (χ2n) is 8.95. The third kappa shape index (κ3) is 6.42. The Kier molecular flexibility index (Phi) is 7.68. The number of benzene rings is 1. The van der Waals surface area contributed by atoms with Crippen molar-refractivity contribution in [3.63, 3.8) is 0 Å². The van der Waals surface area contributed by atoms with Crippen molar-refractivity contribution in [3.8, 4) is 0 Å². The van der Waals surface area contributed by atoms with Crippen molar-refractivity contribution in [2.45, 2.75) is 38.2 Å². The molecule has 3 rings (SSSR count). The zero-order valence-electron chi connectivity index (χ0n) is 18.1. The molecule has 0 saturated carbocycles. The number of rotatable bonds is 10. The molecule has 1 amide bonds. The number of amides is 1. The summed E-state index contributed by atoms with van der Waals surface area (Å²) in [4.78, 5) is 28.8. The third-order valence-corrected chi connectivity index (χ3v) is 6.92. The van der Waals surface area contributed by atoms with Gasteiger partial charge in [-0.05, 0) is 30.3 Å². The molecule has 8 heteroatoms. The van der Waals surface area contributed by atoms with Crippen LogP contribution >= 0.6 is 0 Å². The topological polar surface area (TPSA) is 80.9 Å². The number of nitrogens with one attached hydrogen (secondary N) is 1. The first-order valence-electron chi connectivity index (χ1n) is 10.5. The SMILES string of the molecule is C[Si](C)(C)CCOCC(Cc1cc2cc(C(=O)N3CCOCC3)ccc2[nH]1)OC=O. The minimum Gasteiger partial charge on any atom is -0.462 e. The molecular weight excluding hydrogens is 400 g/mol. The lowest BCUT2D eigenvalue weighted by Gasteiger charge is -2.26. The molecule has 164 valence electrons. The monoisotopic (exact) mass is 432 g/mol. The average molecular weight is 433 g/mol. The molecule has 1 fully saturated rings. The van der Waals surface area contributed by atoms with E-state index < -0.39 is 8.07 Å². The minimum atomic E-state index is -1.15. The Balaban J connectivity index is 1.63. The molecule has 1 aliphatic heterocycles. The van der Waals surface area contributed by atoms with Crippen LogP contribution in [0.3, 0.4) is 0 Å². The van der Waals surface area contributed by atoms with Crippen molar-refractivity contribution in [1.82, 2.24) is 9.88 Å². The summed E-state index contributed by atoms with van der Waals surface area (Å²) in [5, 5.41) is 0.966. The normalized spacial score (nSPS) is 15.9. The molecule has 7 nitrogen and oxygen atoms in total. The van der Waals surface area contributed by atoms with Crippen LogP contribution in [0.2, 0.25) is 25.7 Å². The highest BCUT2D eigenvalue weighted by atomic mass is 28.3. The average Bonchev–Trinajstić information content (AvgIpc) is 3.12. The number of hydrogen-bond donors (Lipinski definition) is 1. The molecule has 1 saturated heterocycles. The van der Waals surface area contributed by atoms with Crippen LogP contribution in [0.4, 0.5) is 0 Å². The van der Waals surface area contributed by atoms with Gasteiger partial charge in [0, 0.05) is 56.4 Å². The molecule has 0 spiro atoms. The fraction of sp³-hybridized carbons (Fsp3) is 0.545. The molecule has 1 aliphatic rings. The molecule has 0 aliphatic carbocycles. The summed E-state index contributed by atoms with van der Waals surface area (Å²) in [5.74, 6) is 0.0286. The Bertz CT molecular complexity index is 855. The maximum absolute atomic E-state index is 12.7. The maximum atomic E-state index is 12.7. The standard InChI is InChI=1S/C22H32N2O5Si/c1-30(2,3)11-10-28-15-20(29-16-25)14-19-13-18-12-17(4-5-21(18)23-19)22(26)24-6-8-27-9-7-24/h4-5,12-13,16,20,23H,6-11,14-15H2,1-3H3. The van der Waals surface area contributed by atoms with Crippen molar-refractivity contribution in [2.75, 3.05) is 39.5 Å². The van der Waals surface area contributed by atoms with Crippen LogP contribution in [0.5, 0.6) is 0 Å². The van der Waals surface area contributed by atoms with E-state index in [4.69, 9.17) is 14.2 Å². The predicted molar refractivity (Wildman–Crippen MR) is 119 cm³/mol. The van der Waals surface area contributed by atoms with Gasteiger partial charge < -0.3 is 24.1 Å². The summed E-state index contributed by atoms with van der Waals surface area (Å²) in [5.41, 5.74) is 2.57. The maximum Gasteiger partial charge on any atom is 0.293 e. The first-order chi connectivity index (χ1) is 14.4. The van der Waals surface area contributed by atoms with Crippen LogP contribution in [0, 0.1) is 0 Å². The van der Waals surface area contributed by atoms with Gasteiger partial charge in [-0.3, -0.25) is 9.59 Å². The summed E-state index contributed by atoms with van der Waals surface area (Å²) in [6.07, 6.45) is 0.194. The summed E-state index contributed by atoms with van der Waals surface area (Å²) in [7, 11) is -1.15. The number of morpholine rings is 1. The summed E-state index contributed by atoms with van der Waals surface area (Å²) in [6.45, 7) is 10.9. The number of nitrogens with zero attached hydrogens (tertiary/aromatic N) is 1. The number of carbonyl (C=O) groups is 2. The van der Waals surface area contributed by atoms with Crippen LogP contribution in [-0.2, 0) is 25.4 Å². The molecule has 0 bridgehead atoms. The number of hydrogen-bond acceptors (Lipinski definition) is 5. The molecule has 30 heavy (non-hydrogen) atoms. The van der Waals surface area contributed by atoms with Gasteiger partial charge in [0.15, 0.2) is 0 Å². The van der Waals surface area contributed by atoms with Crippen LogP contribution in [0.15, 0.2) is 24.3 Å². The number of aromatic nitrogens is 1. The van der Waals surface area contributed by atoms with Gasteiger partial charge in [-0.2, -0.15) is 0 Å². The third-order valence-electron chi connectivity index (χ3n) is 5.22. The summed E-state index contributed by atoms with van der Waals surface area (Å²) < 4.78 is 16.3. The molecule has 2 heterocycles. The Morgan fingerprint density at radius 3 is 2.73 bits per heavy atom. The predicted octanol–water partition coefficient (Wildman–Crippen LogP) is 3.08. The highest BCUT2D eigenvalue weighted by molar-refractivity contribution is 6.76. The van der Waals surface area contributed by atoms with E-state index in [-0.39, 0.29) is 12.0 Å². The van der Waals surface area contributed by atoms with Crippen LogP contribution in [0.25, 0.3) is 10.9 Å². The molecule has 0 radical (unpaired) electrons. The van der Waals surface area contributed by atoms with E-state index in [0.29, 0.717) is 58.0 Å². The second kappa shape index (κ2) is 10.2. The molecule has 2 aromatic rings. The minimum absolute atomic E-state index is 0.0286. The van der Waals surface area contributed by atoms with E-state index in [2.05, 4.69) is 24.6 Å². The van der Waals surface area contributed by atoms with Gasteiger partial charge in [-0.15, -0.1) is 0 Å². The van der Waals surface area contributed by atoms with Gasteiger partial charge in [0.25, 0.3) is 12.4 Å². The quantitative estimate of drug-likeness (QED) is 0.354. The zero-order chi connectivity index (χ0) is 21.6. The molecule has 1 N–H and O–H groups in total. The van der Waals surface area contributed by atoms with Crippen LogP contribution in [-0.4, -0.2) is 76.0 Å². The Morgan fingerprint density at radius 2 is 2.03 bits per heavy atom. The van der Waals surface area contributed by atoms with Crippen LogP contribution < -0.4 is 0 Å². The van der Waals surface area contributed by atoms with E-state index in [1.54, 1.807) is 0 Å². The number of H-pyrrole nitrogens is 1. The largest absolute Gasteiger partial charge is 0.462 e. The number of ether oxygens (including phenoxy) is 3. The van der Waals surface area contributed by atoms with Crippen molar-refractivity contribution in [3.05, 3.63) is 35.5 Å². The first-order valence-corrected chi connectivity index (χ1v) is 14.2. The Hall–Kier alpha value is -2.16. The van der Waals surface area contributed by atoms with E-state index in [0.717, 1.165) is 22.6 Å². The lowest BCUT2D eigenvalue weighted by Crippen LogP contribution is -2.40. The Morgan fingerprint density at radius 1 is 1.27 bits per heavy atom. The van der Waals surface area contributed by atoms with Gasteiger partial charge >= 0.3 is 0 Å². The van der Waals surface area contributed by atoms with E-state index >= 15 is 0 Å². The summed E-state index contributed by atoms with van der Waals surface area (Å²) in [6, 6.07) is 8.76. The number of carbonyl (C=O) groups excluding carboxylic acids is 2. The number of fused-ring (bicyclic) bond motifs is 1. The van der Waals surface area contributed by atoms with Gasteiger partial charge in [0.05, 0.1) is 19.8 Å². The Labute approximate surface area is 178 Å². The second-order valence-corrected chi connectivity index (χ2v) is 14.6. The highest BCUT2D eigenvalue weighted by Crippen LogP contribution is 2.20. The fourth-order valence-electron chi connectivity index (χ4n) is 3.45. The van der Waals surface area contributed by atoms with Crippen molar-refractivity contribution in [2.24, 2.45) is 0 Å². The van der Waals surface area contributed by atoms with Crippen molar-refractivity contribution >= 4 is 31.4 Å². The molecule has 1 aromatic heterocycles.